The van der Waals surface area contributed by atoms with E-state index in [0.29, 0.717) is 88.3 Å². The molecule has 0 aliphatic rings. The molecule has 0 radical (unpaired) electrons. The summed E-state index contributed by atoms with van der Waals surface area (Å²) in [6.07, 6.45) is 4.51. The SMILES string of the molecule is C[n+]1c(-c2cccc(C(=O)NCCCCCC(=O)NCCC(=O)N[C@@H](CCCN=C(N)N)C(=O)NCCCNCCCNCC(=O)O)c2)c2cc(N)ccc2c2ccc(N)cc21. The van der Waals surface area contributed by atoms with Crippen LogP contribution in [0.5, 0.6) is 0 Å². The number of pyridine rings is 1. The molecule has 3 aromatic carbocycles. The maximum atomic E-state index is 13.2. The third-order valence-corrected chi connectivity index (χ3v) is 10.2. The summed E-state index contributed by atoms with van der Waals surface area (Å²) in [5.41, 5.74) is 27.8. The van der Waals surface area contributed by atoms with Gasteiger partial charge in [0, 0.05) is 73.0 Å². The van der Waals surface area contributed by atoms with Gasteiger partial charge in [0.05, 0.1) is 17.3 Å². The Morgan fingerprint density at radius 3 is 2.16 bits per heavy atom. The number of unbranched alkanes of at least 4 members (excludes halogenated alkanes) is 2. The van der Waals surface area contributed by atoms with Crippen molar-refractivity contribution in [3.05, 3.63) is 66.2 Å². The molecule has 18 heteroatoms. The van der Waals surface area contributed by atoms with E-state index in [1.54, 1.807) is 6.07 Å². The molecule has 15 N–H and O–H groups in total. The Bertz CT molecular complexity index is 2190. The molecule has 0 bridgehead atoms. The van der Waals surface area contributed by atoms with E-state index in [1.807, 2.05) is 61.6 Å². The smallest absolute Gasteiger partial charge is 0.317 e. The Hall–Kier alpha value is -6.53. The number of hydrogen-bond acceptors (Lipinski definition) is 10. The van der Waals surface area contributed by atoms with E-state index in [0.717, 1.165) is 45.8 Å². The van der Waals surface area contributed by atoms with Crippen molar-refractivity contribution in [2.75, 3.05) is 63.8 Å². The van der Waals surface area contributed by atoms with Gasteiger partial charge >= 0.3 is 5.97 Å². The fourth-order valence-corrected chi connectivity index (χ4v) is 7.05. The fraction of sp³-hybridized carbons (Fsp3) is 0.432. The van der Waals surface area contributed by atoms with E-state index >= 15 is 0 Å². The van der Waals surface area contributed by atoms with E-state index in [2.05, 4.69) is 41.5 Å². The number of aryl methyl sites for hydroxylation is 1. The van der Waals surface area contributed by atoms with E-state index in [-0.39, 0.29) is 55.5 Å². The lowest BCUT2D eigenvalue weighted by Gasteiger charge is -2.18. The van der Waals surface area contributed by atoms with Crippen molar-refractivity contribution in [1.29, 1.82) is 0 Å². The van der Waals surface area contributed by atoms with Crippen LogP contribution < -0.4 is 59.4 Å². The predicted molar refractivity (Wildman–Crippen MR) is 243 cm³/mol. The number of nitrogens with two attached hydrogens (primary N) is 4. The van der Waals surface area contributed by atoms with Gasteiger partial charge in [-0.1, -0.05) is 18.6 Å². The molecule has 0 aliphatic carbocycles. The molecular weight excluding hydrogens is 793 g/mol. The van der Waals surface area contributed by atoms with Crippen LogP contribution in [0, 0.1) is 0 Å². The first kappa shape index (κ1) is 48.1. The zero-order valence-corrected chi connectivity index (χ0v) is 35.6. The van der Waals surface area contributed by atoms with Gasteiger partial charge in [-0.3, -0.25) is 29.0 Å². The Balaban J connectivity index is 1.15. The van der Waals surface area contributed by atoms with Crippen molar-refractivity contribution >= 4 is 68.6 Å². The molecule has 0 saturated carbocycles. The Morgan fingerprint density at radius 2 is 1.40 bits per heavy atom. The molecule has 0 fully saturated rings. The van der Waals surface area contributed by atoms with E-state index in [4.69, 9.17) is 28.0 Å². The van der Waals surface area contributed by atoms with Crippen LogP contribution >= 0.6 is 0 Å². The molecule has 1 heterocycles. The number of fused-ring (bicyclic) bond motifs is 3. The number of carbonyl (C=O) groups is 5. The van der Waals surface area contributed by atoms with Gasteiger partial charge in [-0.25, -0.2) is 0 Å². The first-order chi connectivity index (χ1) is 29.8. The van der Waals surface area contributed by atoms with Crippen molar-refractivity contribution in [2.45, 2.75) is 63.8 Å². The third kappa shape index (κ3) is 15.8. The highest BCUT2D eigenvalue weighted by Crippen LogP contribution is 2.33. The number of anilines is 2. The molecule has 334 valence electrons. The highest BCUT2D eigenvalue weighted by Gasteiger charge is 2.23. The Kier molecular flexibility index (Phi) is 19.6. The lowest BCUT2D eigenvalue weighted by molar-refractivity contribution is -0.632. The van der Waals surface area contributed by atoms with Crippen LogP contribution in [0.25, 0.3) is 32.9 Å². The number of rotatable bonds is 27. The minimum Gasteiger partial charge on any atom is -0.480 e. The van der Waals surface area contributed by atoms with Crippen LogP contribution in [0.15, 0.2) is 65.7 Å². The summed E-state index contributed by atoms with van der Waals surface area (Å²) >= 11 is 0. The van der Waals surface area contributed by atoms with Crippen LogP contribution in [0.4, 0.5) is 11.4 Å². The number of amides is 4. The van der Waals surface area contributed by atoms with Gasteiger partial charge in [0.15, 0.2) is 5.96 Å². The van der Waals surface area contributed by atoms with Gasteiger partial charge in [0.2, 0.25) is 28.9 Å². The predicted octanol–water partition coefficient (Wildman–Crippen LogP) is 1.14. The first-order valence-electron chi connectivity index (χ1n) is 21.2. The van der Waals surface area contributed by atoms with E-state index in [1.165, 1.54) is 0 Å². The molecule has 4 aromatic rings. The van der Waals surface area contributed by atoms with Crippen molar-refractivity contribution in [3.63, 3.8) is 0 Å². The summed E-state index contributed by atoms with van der Waals surface area (Å²) in [6.45, 7) is 3.15. The number of carboxylic acid groups (broad SMARTS) is 1. The number of aliphatic imine (C=N–C) groups is 1. The number of aromatic nitrogens is 1. The molecule has 0 aliphatic heterocycles. The molecule has 1 atom stereocenters. The zero-order valence-electron chi connectivity index (χ0n) is 35.6. The largest absolute Gasteiger partial charge is 0.480 e. The van der Waals surface area contributed by atoms with Gasteiger partial charge in [-0.2, -0.15) is 4.57 Å². The fourth-order valence-electron chi connectivity index (χ4n) is 7.05. The van der Waals surface area contributed by atoms with Crippen LogP contribution in [0.1, 0.15) is 68.1 Å². The van der Waals surface area contributed by atoms with Crippen molar-refractivity contribution in [2.24, 2.45) is 23.5 Å². The molecule has 0 unspecified atom stereocenters. The van der Waals surface area contributed by atoms with Gasteiger partial charge in [0.1, 0.15) is 13.1 Å². The van der Waals surface area contributed by atoms with Gasteiger partial charge in [-0.15, -0.1) is 0 Å². The average Bonchev–Trinajstić information content (AvgIpc) is 3.23. The number of nitrogens with one attached hydrogen (secondary N) is 6. The number of guanidine groups is 1. The van der Waals surface area contributed by atoms with Crippen LogP contribution in [-0.2, 0) is 26.2 Å². The standard InChI is InChI=1S/C44H62N12O6/c1-56-37-27-32(46)14-16-34(37)33-15-13-31(45)26-35(33)41(56)29-9-5-10-30(25-29)42(61)52-21-4-2-3-12-38(57)51-24-17-39(58)55-36(11-6-22-54-44(47)48)43(62)53-23-8-19-49-18-7-20-50-28-40(59)60/h5,9-10,13-16,25-27,36,46,49-50H,2-4,6-8,11-12,17-24,28,45H2,1H3,(H9,47,48,51,52,53,54,55,57,58,59,60,61,62)/p+1/t36-/m0/s1. The number of carboxylic acids is 1. The quantitative estimate of drug-likeness (QED) is 0.0101. The second kappa shape index (κ2) is 25.3. The lowest BCUT2D eigenvalue weighted by Crippen LogP contribution is -2.47. The monoisotopic (exact) mass is 855 g/mol. The number of benzene rings is 3. The summed E-state index contributed by atoms with van der Waals surface area (Å²) < 4.78 is 2.08. The highest BCUT2D eigenvalue weighted by molar-refractivity contribution is 6.10. The van der Waals surface area contributed by atoms with E-state index < -0.39 is 12.0 Å². The normalized spacial score (nSPS) is 11.5. The molecule has 18 nitrogen and oxygen atoms in total. The molecule has 4 amide bonds. The molecular formula is C44H63N12O6+. The van der Waals surface area contributed by atoms with Crippen LogP contribution in [-0.4, -0.2) is 99.1 Å². The number of hydrogen-bond donors (Lipinski definition) is 11. The van der Waals surface area contributed by atoms with Crippen molar-refractivity contribution < 1.29 is 33.6 Å². The second-order valence-corrected chi connectivity index (χ2v) is 15.1. The van der Waals surface area contributed by atoms with Gasteiger partial charge in [-0.05, 0) is 101 Å². The van der Waals surface area contributed by atoms with Crippen LogP contribution in [0.3, 0.4) is 0 Å². The minimum absolute atomic E-state index is 0.0000732. The summed E-state index contributed by atoms with van der Waals surface area (Å²) in [6, 6.07) is 18.4. The summed E-state index contributed by atoms with van der Waals surface area (Å²) in [5, 5.41) is 29.1. The number of aliphatic carboxylic acids is 1. The summed E-state index contributed by atoms with van der Waals surface area (Å²) in [4.78, 5) is 65.9. The summed E-state index contributed by atoms with van der Waals surface area (Å²) in [7, 11) is 1.98. The van der Waals surface area contributed by atoms with Crippen molar-refractivity contribution in [1.82, 2.24) is 31.9 Å². The molecule has 62 heavy (non-hydrogen) atoms. The van der Waals surface area contributed by atoms with E-state index in [9.17, 15) is 24.0 Å². The number of nitrogens with zero attached hydrogens (tertiary/aromatic N) is 2. The highest BCUT2D eigenvalue weighted by atomic mass is 16.4. The lowest BCUT2D eigenvalue weighted by atomic mass is 9.97. The minimum atomic E-state index is -0.896. The van der Waals surface area contributed by atoms with Crippen LogP contribution in [0.2, 0.25) is 0 Å². The maximum Gasteiger partial charge on any atom is 0.317 e. The maximum absolute atomic E-state index is 13.2. The number of carbonyl (C=O) groups excluding carboxylic acids is 4. The first-order valence-corrected chi connectivity index (χ1v) is 21.2. The Labute approximate surface area is 362 Å². The number of nitrogen functional groups attached to an aromatic ring is 2. The van der Waals surface area contributed by atoms with Gasteiger partial charge < -0.3 is 59.9 Å². The third-order valence-electron chi connectivity index (χ3n) is 10.2. The van der Waals surface area contributed by atoms with Crippen molar-refractivity contribution in [3.8, 4) is 11.3 Å². The molecule has 0 spiro atoms. The summed E-state index contributed by atoms with van der Waals surface area (Å²) in [5.74, 6) is -2.03. The molecule has 0 saturated heterocycles. The Morgan fingerprint density at radius 1 is 0.694 bits per heavy atom. The van der Waals surface area contributed by atoms with Gasteiger partial charge in [0.25, 0.3) is 5.91 Å². The topological polar surface area (TPSA) is 298 Å². The second-order valence-electron chi connectivity index (χ2n) is 15.1. The molecule has 4 rings (SSSR count). The zero-order chi connectivity index (χ0) is 44.9. The molecule has 1 aromatic heterocycles. The average molecular weight is 856 g/mol.